The van der Waals surface area contributed by atoms with E-state index in [2.05, 4.69) is 40.9 Å². The number of allylic oxidation sites excluding steroid dienone is 4. The lowest BCUT2D eigenvalue weighted by molar-refractivity contribution is 0.760. The monoisotopic (exact) mass is 192 g/mol. The van der Waals surface area contributed by atoms with Crippen molar-refractivity contribution < 1.29 is 0 Å². The van der Waals surface area contributed by atoms with Crippen molar-refractivity contribution in [1.29, 1.82) is 0 Å². The first-order valence-electron chi connectivity index (χ1n) is 5.58. The van der Waals surface area contributed by atoms with E-state index in [4.69, 9.17) is 0 Å². The molecule has 80 valence electrons. The molecular formula is C14H24. The van der Waals surface area contributed by atoms with Crippen LogP contribution in [0.3, 0.4) is 0 Å². The van der Waals surface area contributed by atoms with Crippen LogP contribution >= 0.6 is 0 Å². The first kappa shape index (κ1) is 13.2. The Balaban J connectivity index is 4.89. The van der Waals surface area contributed by atoms with Gasteiger partial charge in [-0.05, 0) is 38.7 Å². The van der Waals surface area contributed by atoms with Crippen LogP contribution in [0.1, 0.15) is 53.4 Å². The molecule has 0 radical (unpaired) electrons. The maximum absolute atomic E-state index is 4.03. The zero-order valence-electron chi connectivity index (χ0n) is 10.2. The van der Waals surface area contributed by atoms with Crippen molar-refractivity contribution in [3.63, 3.8) is 0 Å². The van der Waals surface area contributed by atoms with Crippen LogP contribution in [0.15, 0.2) is 35.5 Å². The molecule has 14 heavy (non-hydrogen) atoms. The molecule has 0 rings (SSSR count). The van der Waals surface area contributed by atoms with Gasteiger partial charge in [-0.2, -0.15) is 0 Å². The lowest BCUT2D eigenvalue weighted by Gasteiger charge is -2.14. The van der Waals surface area contributed by atoms with E-state index in [1.165, 1.54) is 30.4 Å². The minimum Gasteiger partial charge on any atom is -0.0955 e. The molecule has 0 aromatic heterocycles. The Morgan fingerprint density at radius 3 is 1.79 bits per heavy atom. The van der Waals surface area contributed by atoms with Crippen molar-refractivity contribution in [2.45, 2.75) is 53.4 Å². The zero-order valence-corrected chi connectivity index (χ0v) is 10.2. The largest absolute Gasteiger partial charge is 0.0955 e. The van der Waals surface area contributed by atoms with Crippen LogP contribution in [-0.4, -0.2) is 0 Å². The fourth-order valence-electron chi connectivity index (χ4n) is 1.84. The van der Waals surface area contributed by atoms with Gasteiger partial charge in [-0.25, -0.2) is 0 Å². The standard InChI is InChI=1S/C14H24/c1-7-9-10-13(8-2)14(11(3)4)12(5)6/h3,5,7-10H2,1-2,4,6H3. The van der Waals surface area contributed by atoms with Gasteiger partial charge in [0.05, 0.1) is 0 Å². The molecular weight excluding hydrogens is 168 g/mol. The Hall–Kier alpha value is -0.780. The molecule has 0 fully saturated rings. The molecule has 0 heteroatoms. The van der Waals surface area contributed by atoms with Gasteiger partial charge < -0.3 is 0 Å². The zero-order chi connectivity index (χ0) is 11.1. The lowest BCUT2D eigenvalue weighted by Crippen LogP contribution is -1.94. The summed E-state index contributed by atoms with van der Waals surface area (Å²) in [5.74, 6) is 0. The predicted octanol–water partition coefficient (Wildman–Crippen LogP) is 5.04. The SMILES string of the molecule is C=C(C)C(C(=C)C)=C(CC)CCCC. The van der Waals surface area contributed by atoms with Crippen LogP contribution in [-0.2, 0) is 0 Å². The van der Waals surface area contributed by atoms with Crippen molar-refractivity contribution in [3.05, 3.63) is 35.5 Å². The van der Waals surface area contributed by atoms with Crippen molar-refractivity contribution >= 4 is 0 Å². The average Bonchev–Trinajstić information content (AvgIpc) is 2.10. The Labute approximate surface area is 89.4 Å². The summed E-state index contributed by atoms with van der Waals surface area (Å²) in [6.07, 6.45) is 4.84. The van der Waals surface area contributed by atoms with Crippen molar-refractivity contribution in [2.75, 3.05) is 0 Å². The van der Waals surface area contributed by atoms with Crippen LogP contribution in [0, 0.1) is 0 Å². The highest BCUT2D eigenvalue weighted by Gasteiger charge is 2.06. The van der Waals surface area contributed by atoms with E-state index in [9.17, 15) is 0 Å². The third-order valence-corrected chi connectivity index (χ3v) is 2.47. The Bertz CT molecular complexity index is 225. The third-order valence-electron chi connectivity index (χ3n) is 2.47. The summed E-state index contributed by atoms with van der Waals surface area (Å²) in [6.45, 7) is 16.7. The second-order valence-corrected chi connectivity index (χ2v) is 4.00. The van der Waals surface area contributed by atoms with Crippen LogP contribution in [0.4, 0.5) is 0 Å². The van der Waals surface area contributed by atoms with E-state index in [0.717, 1.165) is 17.6 Å². The fourth-order valence-corrected chi connectivity index (χ4v) is 1.84. The molecule has 0 atom stereocenters. The van der Waals surface area contributed by atoms with Crippen molar-refractivity contribution in [3.8, 4) is 0 Å². The molecule has 0 saturated heterocycles. The van der Waals surface area contributed by atoms with Crippen LogP contribution in [0.5, 0.6) is 0 Å². The van der Waals surface area contributed by atoms with E-state index in [-0.39, 0.29) is 0 Å². The molecule has 0 heterocycles. The highest BCUT2D eigenvalue weighted by atomic mass is 14.1. The van der Waals surface area contributed by atoms with Gasteiger partial charge in [0.15, 0.2) is 0 Å². The molecule has 0 N–H and O–H groups in total. The van der Waals surface area contributed by atoms with Crippen LogP contribution < -0.4 is 0 Å². The third kappa shape index (κ3) is 3.95. The van der Waals surface area contributed by atoms with Gasteiger partial charge in [0.1, 0.15) is 0 Å². The Kier molecular flexibility index (Phi) is 6.27. The fraction of sp³-hybridized carbons (Fsp3) is 0.571. The maximum atomic E-state index is 4.03. The highest BCUT2D eigenvalue weighted by Crippen LogP contribution is 2.26. The molecule has 0 unspecified atom stereocenters. The minimum absolute atomic E-state index is 1.12. The van der Waals surface area contributed by atoms with E-state index in [1.807, 2.05) is 0 Å². The summed E-state index contributed by atoms with van der Waals surface area (Å²) < 4.78 is 0. The van der Waals surface area contributed by atoms with Crippen molar-refractivity contribution in [1.82, 2.24) is 0 Å². The molecule has 0 aliphatic carbocycles. The van der Waals surface area contributed by atoms with Gasteiger partial charge in [-0.3, -0.25) is 0 Å². The second kappa shape index (κ2) is 6.64. The number of unbranched alkanes of at least 4 members (excludes halogenated alkanes) is 1. The second-order valence-electron chi connectivity index (χ2n) is 4.00. The molecule has 0 amide bonds. The first-order chi connectivity index (χ1) is 6.54. The molecule has 0 aromatic rings. The van der Waals surface area contributed by atoms with Crippen molar-refractivity contribution in [2.24, 2.45) is 0 Å². The predicted molar refractivity (Wildman–Crippen MR) is 66.5 cm³/mol. The van der Waals surface area contributed by atoms with Gasteiger partial charge >= 0.3 is 0 Å². The average molecular weight is 192 g/mol. The number of hydrogen-bond donors (Lipinski definition) is 0. The molecule has 0 bridgehead atoms. The molecule has 0 aliphatic heterocycles. The summed E-state index contributed by atoms with van der Waals surface area (Å²) in [5.41, 5.74) is 5.16. The highest BCUT2D eigenvalue weighted by molar-refractivity contribution is 5.45. The lowest BCUT2D eigenvalue weighted by atomic mass is 9.92. The summed E-state index contributed by atoms with van der Waals surface area (Å²) in [5, 5.41) is 0. The van der Waals surface area contributed by atoms with E-state index in [1.54, 1.807) is 0 Å². The maximum Gasteiger partial charge on any atom is -0.0218 e. The van der Waals surface area contributed by atoms with Crippen LogP contribution in [0.25, 0.3) is 0 Å². The summed E-state index contributed by atoms with van der Waals surface area (Å²) in [6, 6.07) is 0. The van der Waals surface area contributed by atoms with Gasteiger partial charge in [0, 0.05) is 0 Å². The van der Waals surface area contributed by atoms with E-state index < -0.39 is 0 Å². The molecule has 0 saturated carbocycles. The molecule has 0 aliphatic rings. The van der Waals surface area contributed by atoms with Crippen LogP contribution in [0.2, 0.25) is 0 Å². The van der Waals surface area contributed by atoms with Gasteiger partial charge in [0.25, 0.3) is 0 Å². The summed E-state index contributed by atoms with van der Waals surface area (Å²) in [7, 11) is 0. The summed E-state index contributed by atoms with van der Waals surface area (Å²) >= 11 is 0. The quantitative estimate of drug-likeness (QED) is 0.517. The van der Waals surface area contributed by atoms with Gasteiger partial charge in [-0.15, -0.1) is 0 Å². The smallest absolute Gasteiger partial charge is 0.0218 e. The molecule has 0 aromatic carbocycles. The Morgan fingerprint density at radius 2 is 1.50 bits per heavy atom. The normalized spacial score (nSPS) is 9.71. The van der Waals surface area contributed by atoms with Gasteiger partial charge in [-0.1, -0.05) is 50.1 Å². The summed E-state index contributed by atoms with van der Waals surface area (Å²) in [4.78, 5) is 0. The number of rotatable bonds is 6. The number of hydrogen-bond acceptors (Lipinski definition) is 0. The first-order valence-corrected chi connectivity index (χ1v) is 5.58. The van der Waals surface area contributed by atoms with E-state index in [0.29, 0.717) is 0 Å². The molecule has 0 nitrogen and oxygen atoms in total. The van der Waals surface area contributed by atoms with E-state index >= 15 is 0 Å². The molecule has 0 spiro atoms. The topological polar surface area (TPSA) is 0 Å². The minimum atomic E-state index is 1.12. The van der Waals surface area contributed by atoms with Gasteiger partial charge in [0.2, 0.25) is 0 Å². The Morgan fingerprint density at radius 1 is 1.00 bits per heavy atom.